The number of halogens is 1. The second-order valence-electron chi connectivity index (χ2n) is 4.48. The van der Waals surface area contributed by atoms with Crippen LogP contribution in [0.3, 0.4) is 0 Å². The third-order valence-corrected chi connectivity index (χ3v) is 3.71. The van der Waals surface area contributed by atoms with Crippen LogP contribution in [0.25, 0.3) is 0 Å². The molecule has 1 aromatic rings. The molecule has 0 radical (unpaired) electrons. The largest absolute Gasteiger partial charge is 0.481 e. The summed E-state index contributed by atoms with van der Waals surface area (Å²) >= 11 is 3.10. The number of rotatable bonds is 4. The van der Waals surface area contributed by atoms with Crippen molar-refractivity contribution in [3.8, 4) is 0 Å². The summed E-state index contributed by atoms with van der Waals surface area (Å²) in [5.74, 6) is -1.17. The first-order valence-electron chi connectivity index (χ1n) is 5.88. The Bertz CT molecular complexity index is 478. The number of furan rings is 1. The summed E-state index contributed by atoms with van der Waals surface area (Å²) in [6, 6.07) is 3.13. The number of carboxylic acid groups (broad SMARTS) is 1. The first-order chi connectivity index (χ1) is 9.03. The Hall–Kier alpha value is -1.34. The maximum Gasteiger partial charge on any atom is 0.311 e. The first-order valence-corrected chi connectivity index (χ1v) is 6.67. The van der Waals surface area contributed by atoms with Crippen LogP contribution in [-0.2, 0) is 9.53 Å². The van der Waals surface area contributed by atoms with Gasteiger partial charge >= 0.3 is 5.97 Å². The van der Waals surface area contributed by atoms with Crippen molar-refractivity contribution in [1.82, 2.24) is 5.32 Å². The Balaban J connectivity index is 1.99. The van der Waals surface area contributed by atoms with Crippen molar-refractivity contribution in [1.29, 1.82) is 0 Å². The Kier molecular flexibility index (Phi) is 4.26. The van der Waals surface area contributed by atoms with E-state index in [9.17, 15) is 14.7 Å². The van der Waals surface area contributed by atoms with Gasteiger partial charge in [-0.15, -0.1) is 0 Å². The van der Waals surface area contributed by atoms with E-state index in [4.69, 9.17) is 9.15 Å². The van der Waals surface area contributed by atoms with Gasteiger partial charge in [-0.05, 0) is 40.9 Å². The molecule has 0 unspecified atom stereocenters. The number of aliphatic carboxylic acids is 1. The smallest absolute Gasteiger partial charge is 0.311 e. The van der Waals surface area contributed by atoms with Crippen molar-refractivity contribution >= 4 is 27.8 Å². The van der Waals surface area contributed by atoms with Crippen LogP contribution >= 0.6 is 15.9 Å². The lowest BCUT2D eigenvalue weighted by Crippen LogP contribution is -2.46. The molecule has 7 heteroatoms. The van der Waals surface area contributed by atoms with Crippen molar-refractivity contribution in [2.75, 3.05) is 19.8 Å². The Labute approximate surface area is 118 Å². The number of carbonyl (C=O) groups is 2. The van der Waals surface area contributed by atoms with Gasteiger partial charge in [-0.25, -0.2) is 0 Å². The Morgan fingerprint density at radius 3 is 2.58 bits per heavy atom. The number of carboxylic acids is 1. The van der Waals surface area contributed by atoms with Crippen LogP contribution in [0.5, 0.6) is 0 Å². The molecule has 1 aliphatic rings. The number of carbonyl (C=O) groups excluding carboxylic acids is 1. The molecule has 0 spiro atoms. The van der Waals surface area contributed by atoms with Crippen molar-refractivity contribution in [2.45, 2.75) is 12.8 Å². The van der Waals surface area contributed by atoms with Crippen LogP contribution in [0, 0.1) is 5.41 Å². The van der Waals surface area contributed by atoms with Crippen LogP contribution in [-0.4, -0.2) is 36.7 Å². The molecule has 0 aliphatic carbocycles. The molecule has 1 fully saturated rings. The first kappa shape index (κ1) is 14.1. The minimum atomic E-state index is -0.947. The fourth-order valence-electron chi connectivity index (χ4n) is 2.00. The number of hydrogen-bond donors (Lipinski definition) is 2. The molecule has 1 saturated heterocycles. The minimum Gasteiger partial charge on any atom is -0.481 e. The summed E-state index contributed by atoms with van der Waals surface area (Å²) < 4.78 is 10.7. The number of ether oxygens (including phenoxy) is 1. The molecule has 1 aromatic heterocycles. The van der Waals surface area contributed by atoms with Crippen LogP contribution in [0.2, 0.25) is 0 Å². The molecule has 0 saturated carbocycles. The van der Waals surface area contributed by atoms with Gasteiger partial charge in [0.25, 0.3) is 5.91 Å². The summed E-state index contributed by atoms with van der Waals surface area (Å²) in [5.41, 5.74) is -0.947. The lowest BCUT2D eigenvalue weighted by atomic mass is 9.80. The van der Waals surface area contributed by atoms with E-state index in [0.29, 0.717) is 30.7 Å². The number of nitrogens with one attached hydrogen (secondary N) is 1. The zero-order valence-corrected chi connectivity index (χ0v) is 11.7. The summed E-state index contributed by atoms with van der Waals surface area (Å²) in [7, 11) is 0. The maximum absolute atomic E-state index is 11.8. The van der Waals surface area contributed by atoms with Gasteiger partial charge in [0.15, 0.2) is 10.4 Å². The van der Waals surface area contributed by atoms with E-state index in [2.05, 4.69) is 21.2 Å². The summed E-state index contributed by atoms with van der Waals surface area (Å²) in [6.45, 7) is 0.867. The topological polar surface area (TPSA) is 88.8 Å². The van der Waals surface area contributed by atoms with Crippen LogP contribution in [0.4, 0.5) is 0 Å². The molecule has 0 bridgehead atoms. The maximum atomic E-state index is 11.8. The van der Waals surface area contributed by atoms with E-state index in [1.165, 1.54) is 6.07 Å². The molecule has 0 atom stereocenters. The van der Waals surface area contributed by atoms with Gasteiger partial charge in [0.05, 0.1) is 5.41 Å². The second-order valence-corrected chi connectivity index (χ2v) is 5.27. The molecule has 1 amide bonds. The highest BCUT2D eigenvalue weighted by molar-refractivity contribution is 9.10. The van der Waals surface area contributed by atoms with Crippen molar-refractivity contribution in [3.05, 3.63) is 22.6 Å². The monoisotopic (exact) mass is 331 g/mol. The molecule has 0 aromatic carbocycles. The third-order valence-electron chi connectivity index (χ3n) is 3.29. The highest BCUT2D eigenvalue weighted by Crippen LogP contribution is 2.30. The molecule has 2 rings (SSSR count). The summed E-state index contributed by atoms with van der Waals surface area (Å²) in [5, 5.41) is 12.0. The minimum absolute atomic E-state index is 0.0723. The lowest BCUT2D eigenvalue weighted by molar-refractivity contribution is -0.154. The van der Waals surface area contributed by atoms with E-state index in [1.807, 2.05) is 0 Å². The number of hydrogen-bond acceptors (Lipinski definition) is 4. The van der Waals surface area contributed by atoms with E-state index in [1.54, 1.807) is 6.07 Å². The number of amides is 1. The van der Waals surface area contributed by atoms with E-state index < -0.39 is 17.3 Å². The van der Waals surface area contributed by atoms with Crippen LogP contribution in [0.1, 0.15) is 23.4 Å². The average molecular weight is 332 g/mol. The standard InChI is InChI=1S/C12H14BrNO5/c13-9-2-1-8(19-9)10(15)14-7-12(11(16)17)3-5-18-6-4-12/h1-2H,3-7H2,(H,14,15)(H,16,17). The molecule has 19 heavy (non-hydrogen) atoms. The van der Waals surface area contributed by atoms with Gasteiger partial charge in [0.1, 0.15) is 0 Å². The summed E-state index contributed by atoms with van der Waals surface area (Å²) in [4.78, 5) is 23.2. The van der Waals surface area contributed by atoms with Gasteiger partial charge in [-0.2, -0.15) is 0 Å². The van der Waals surface area contributed by atoms with Gasteiger partial charge in [-0.3, -0.25) is 9.59 Å². The SMILES string of the molecule is O=C(NCC1(C(=O)O)CCOCC1)c1ccc(Br)o1. The van der Waals surface area contributed by atoms with E-state index in [-0.39, 0.29) is 12.3 Å². The normalized spacial score (nSPS) is 17.9. The fourth-order valence-corrected chi connectivity index (χ4v) is 2.31. The zero-order chi connectivity index (χ0) is 13.9. The Morgan fingerprint density at radius 2 is 2.05 bits per heavy atom. The van der Waals surface area contributed by atoms with Gasteiger partial charge in [-0.1, -0.05) is 0 Å². The quantitative estimate of drug-likeness (QED) is 0.875. The zero-order valence-electron chi connectivity index (χ0n) is 10.1. The third kappa shape index (κ3) is 3.16. The van der Waals surface area contributed by atoms with Crippen molar-refractivity contribution in [2.24, 2.45) is 5.41 Å². The average Bonchev–Trinajstić information content (AvgIpc) is 2.83. The molecular weight excluding hydrogens is 318 g/mol. The molecule has 6 nitrogen and oxygen atoms in total. The lowest BCUT2D eigenvalue weighted by Gasteiger charge is -2.32. The molecule has 104 valence electrons. The highest BCUT2D eigenvalue weighted by Gasteiger charge is 2.40. The molecule has 2 heterocycles. The van der Waals surface area contributed by atoms with Crippen molar-refractivity contribution in [3.63, 3.8) is 0 Å². The molecular formula is C12H14BrNO5. The Morgan fingerprint density at radius 1 is 1.37 bits per heavy atom. The molecule has 1 aliphatic heterocycles. The second kappa shape index (κ2) is 5.75. The molecule has 2 N–H and O–H groups in total. The van der Waals surface area contributed by atoms with E-state index in [0.717, 1.165) is 0 Å². The van der Waals surface area contributed by atoms with Gasteiger partial charge in [0.2, 0.25) is 0 Å². The van der Waals surface area contributed by atoms with Crippen LogP contribution < -0.4 is 5.32 Å². The van der Waals surface area contributed by atoms with Gasteiger partial charge < -0.3 is 19.6 Å². The predicted octanol–water partition coefficient (Wildman–Crippen LogP) is 1.65. The van der Waals surface area contributed by atoms with Crippen molar-refractivity contribution < 1.29 is 23.8 Å². The highest BCUT2D eigenvalue weighted by atomic mass is 79.9. The fraction of sp³-hybridized carbons (Fsp3) is 0.500. The summed E-state index contributed by atoms with van der Waals surface area (Å²) in [6.07, 6.45) is 0.787. The van der Waals surface area contributed by atoms with Crippen LogP contribution in [0.15, 0.2) is 21.2 Å². The predicted molar refractivity (Wildman–Crippen MR) is 68.9 cm³/mol. The van der Waals surface area contributed by atoms with E-state index >= 15 is 0 Å². The van der Waals surface area contributed by atoms with Gasteiger partial charge in [0, 0.05) is 19.8 Å².